The summed E-state index contributed by atoms with van der Waals surface area (Å²) in [5, 5.41) is 2.87. The van der Waals surface area contributed by atoms with Gasteiger partial charge in [-0.15, -0.1) is 0 Å². The van der Waals surface area contributed by atoms with Gasteiger partial charge in [-0.2, -0.15) is 0 Å². The van der Waals surface area contributed by atoms with Crippen molar-refractivity contribution < 1.29 is 14.3 Å². The van der Waals surface area contributed by atoms with Gasteiger partial charge in [0.2, 0.25) is 5.91 Å². The second-order valence-electron chi connectivity index (χ2n) is 5.19. The highest BCUT2D eigenvalue weighted by molar-refractivity contribution is 5.91. The SMILES string of the molecule is COc1ccc(/C=C/C(=O)NCc2ccc(C)n2C)cc1OC. The second-order valence-corrected chi connectivity index (χ2v) is 5.19. The Hall–Kier alpha value is -2.69. The molecule has 1 aromatic heterocycles. The molecule has 0 saturated carbocycles. The number of aromatic nitrogens is 1. The van der Waals surface area contributed by atoms with Crippen LogP contribution >= 0.6 is 0 Å². The molecule has 0 aliphatic heterocycles. The van der Waals surface area contributed by atoms with Crippen LogP contribution in [0.4, 0.5) is 0 Å². The molecule has 0 fully saturated rings. The zero-order chi connectivity index (χ0) is 16.8. The molecule has 1 aromatic carbocycles. The number of amides is 1. The Kier molecular flexibility index (Phi) is 5.46. The molecule has 0 saturated heterocycles. The summed E-state index contributed by atoms with van der Waals surface area (Å²) >= 11 is 0. The highest BCUT2D eigenvalue weighted by atomic mass is 16.5. The maximum absolute atomic E-state index is 11.9. The third-order valence-corrected chi connectivity index (χ3v) is 3.76. The molecular formula is C18H22N2O3. The lowest BCUT2D eigenvalue weighted by atomic mass is 10.2. The number of carbonyl (C=O) groups excluding carboxylic acids is 1. The third kappa shape index (κ3) is 4.16. The summed E-state index contributed by atoms with van der Waals surface area (Å²) in [6.07, 6.45) is 3.25. The van der Waals surface area contributed by atoms with Crippen molar-refractivity contribution in [2.75, 3.05) is 14.2 Å². The van der Waals surface area contributed by atoms with Crippen LogP contribution in [0.5, 0.6) is 11.5 Å². The normalized spacial score (nSPS) is 10.8. The van der Waals surface area contributed by atoms with E-state index < -0.39 is 0 Å². The van der Waals surface area contributed by atoms with Crippen molar-refractivity contribution in [3.63, 3.8) is 0 Å². The van der Waals surface area contributed by atoms with Crippen LogP contribution < -0.4 is 14.8 Å². The van der Waals surface area contributed by atoms with Crippen LogP contribution in [0.1, 0.15) is 17.0 Å². The van der Waals surface area contributed by atoms with E-state index in [0.717, 1.165) is 17.0 Å². The van der Waals surface area contributed by atoms with Crippen molar-refractivity contribution in [2.45, 2.75) is 13.5 Å². The maximum atomic E-state index is 11.9. The van der Waals surface area contributed by atoms with Crippen LogP contribution in [-0.4, -0.2) is 24.7 Å². The van der Waals surface area contributed by atoms with E-state index in [2.05, 4.69) is 9.88 Å². The number of rotatable bonds is 6. The fourth-order valence-electron chi connectivity index (χ4n) is 2.21. The van der Waals surface area contributed by atoms with Crippen molar-refractivity contribution in [1.29, 1.82) is 0 Å². The monoisotopic (exact) mass is 314 g/mol. The zero-order valence-electron chi connectivity index (χ0n) is 13.9. The van der Waals surface area contributed by atoms with Gasteiger partial charge in [-0.3, -0.25) is 4.79 Å². The summed E-state index contributed by atoms with van der Waals surface area (Å²) in [7, 11) is 5.16. The minimum Gasteiger partial charge on any atom is -0.493 e. The Bertz CT molecular complexity index is 717. The number of methoxy groups -OCH3 is 2. The Labute approximate surface area is 136 Å². The van der Waals surface area contributed by atoms with E-state index in [-0.39, 0.29) is 5.91 Å². The molecule has 0 aliphatic carbocycles. The fraction of sp³-hybridized carbons (Fsp3) is 0.278. The topological polar surface area (TPSA) is 52.5 Å². The van der Waals surface area contributed by atoms with Crippen LogP contribution in [-0.2, 0) is 18.4 Å². The number of ether oxygens (including phenoxy) is 2. The Balaban J connectivity index is 1.97. The molecule has 2 rings (SSSR count). The number of nitrogens with one attached hydrogen (secondary N) is 1. The van der Waals surface area contributed by atoms with Gasteiger partial charge in [0.05, 0.1) is 20.8 Å². The first-order valence-corrected chi connectivity index (χ1v) is 7.34. The lowest BCUT2D eigenvalue weighted by Gasteiger charge is -2.08. The van der Waals surface area contributed by atoms with Crippen molar-refractivity contribution in [3.05, 3.63) is 53.4 Å². The minimum absolute atomic E-state index is 0.140. The Morgan fingerprint density at radius 3 is 2.52 bits per heavy atom. The first kappa shape index (κ1) is 16.7. The molecular weight excluding hydrogens is 292 g/mol. The smallest absolute Gasteiger partial charge is 0.244 e. The van der Waals surface area contributed by atoms with Gasteiger partial charge in [-0.1, -0.05) is 6.07 Å². The summed E-state index contributed by atoms with van der Waals surface area (Å²) in [5.74, 6) is 1.15. The molecule has 1 N–H and O–H groups in total. The van der Waals surface area contributed by atoms with Crippen molar-refractivity contribution in [1.82, 2.24) is 9.88 Å². The van der Waals surface area contributed by atoms with Crippen LogP contribution in [0.2, 0.25) is 0 Å². The van der Waals surface area contributed by atoms with Gasteiger partial charge in [0, 0.05) is 24.5 Å². The molecule has 122 valence electrons. The number of hydrogen-bond acceptors (Lipinski definition) is 3. The summed E-state index contributed by atoms with van der Waals surface area (Å²) in [5.41, 5.74) is 3.10. The molecule has 0 unspecified atom stereocenters. The number of aryl methyl sites for hydroxylation is 1. The summed E-state index contributed by atoms with van der Waals surface area (Å²) in [6.45, 7) is 2.53. The summed E-state index contributed by atoms with van der Waals surface area (Å²) in [4.78, 5) is 11.9. The molecule has 23 heavy (non-hydrogen) atoms. The molecule has 2 aromatic rings. The van der Waals surface area contributed by atoms with Gasteiger partial charge in [0.15, 0.2) is 11.5 Å². The summed E-state index contributed by atoms with van der Waals surface area (Å²) in [6, 6.07) is 9.53. The fourth-order valence-corrected chi connectivity index (χ4v) is 2.21. The van der Waals surface area contributed by atoms with E-state index in [1.807, 2.05) is 44.3 Å². The first-order valence-electron chi connectivity index (χ1n) is 7.34. The van der Waals surface area contributed by atoms with E-state index in [1.54, 1.807) is 20.3 Å². The molecule has 1 heterocycles. The van der Waals surface area contributed by atoms with Gasteiger partial charge in [0.1, 0.15) is 0 Å². The predicted molar refractivity (Wildman–Crippen MR) is 90.6 cm³/mol. The quantitative estimate of drug-likeness (QED) is 0.834. The number of benzene rings is 1. The van der Waals surface area contributed by atoms with Gasteiger partial charge >= 0.3 is 0 Å². The van der Waals surface area contributed by atoms with Crippen molar-refractivity contribution in [3.8, 4) is 11.5 Å². The van der Waals surface area contributed by atoms with Crippen LogP contribution in [0.3, 0.4) is 0 Å². The average molecular weight is 314 g/mol. The zero-order valence-corrected chi connectivity index (χ0v) is 13.9. The highest BCUT2D eigenvalue weighted by Gasteiger charge is 2.04. The molecule has 0 radical (unpaired) electrons. The Morgan fingerprint density at radius 1 is 1.17 bits per heavy atom. The summed E-state index contributed by atoms with van der Waals surface area (Å²) < 4.78 is 12.5. The van der Waals surface area contributed by atoms with Gasteiger partial charge in [0.25, 0.3) is 0 Å². The van der Waals surface area contributed by atoms with Gasteiger partial charge in [-0.05, 0) is 42.8 Å². The predicted octanol–water partition coefficient (Wildman–Crippen LogP) is 2.68. The third-order valence-electron chi connectivity index (χ3n) is 3.76. The van der Waals surface area contributed by atoms with E-state index in [4.69, 9.17) is 9.47 Å². The largest absolute Gasteiger partial charge is 0.493 e. The van der Waals surface area contributed by atoms with E-state index in [9.17, 15) is 4.79 Å². The van der Waals surface area contributed by atoms with E-state index in [1.165, 1.54) is 6.08 Å². The number of carbonyl (C=O) groups is 1. The van der Waals surface area contributed by atoms with Crippen LogP contribution in [0.25, 0.3) is 6.08 Å². The lowest BCUT2D eigenvalue weighted by molar-refractivity contribution is -0.116. The molecule has 0 spiro atoms. The van der Waals surface area contributed by atoms with Crippen molar-refractivity contribution >= 4 is 12.0 Å². The molecule has 5 heteroatoms. The van der Waals surface area contributed by atoms with E-state index in [0.29, 0.717) is 18.0 Å². The Morgan fingerprint density at radius 2 is 1.91 bits per heavy atom. The maximum Gasteiger partial charge on any atom is 0.244 e. The van der Waals surface area contributed by atoms with Gasteiger partial charge < -0.3 is 19.4 Å². The van der Waals surface area contributed by atoms with Crippen LogP contribution in [0, 0.1) is 6.92 Å². The molecule has 0 bridgehead atoms. The lowest BCUT2D eigenvalue weighted by Crippen LogP contribution is -2.21. The highest BCUT2D eigenvalue weighted by Crippen LogP contribution is 2.27. The number of hydrogen-bond donors (Lipinski definition) is 1. The van der Waals surface area contributed by atoms with Crippen LogP contribution in [0.15, 0.2) is 36.4 Å². The molecule has 1 amide bonds. The number of nitrogens with zero attached hydrogens (tertiary/aromatic N) is 1. The first-order chi connectivity index (χ1) is 11.0. The van der Waals surface area contributed by atoms with Crippen molar-refractivity contribution in [2.24, 2.45) is 7.05 Å². The standard InChI is InChI=1S/C18H22N2O3/c1-13-5-8-15(20(13)2)12-19-18(21)10-7-14-6-9-16(22-3)17(11-14)23-4/h5-11H,12H2,1-4H3,(H,19,21)/b10-7+. The van der Waals surface area contributed by atoms with E-state index >= 15 is 0 Å². The molecule has 0 aliphatic rings. The van der Waals surface area contributed by atoms with Gasteiger partial charge in [-0.25, -0.2) is 0 Å². The average Bonchev–Trinajstić information content (AvgIpc) is 2.89. The second kappa shape index (κ2) is 7.54. The molecule has 0 atom stereocenters. The molecule has 5 nitrogen and oxygen atoms in total. The minimum atomic E-state index is -0.140.